The van der Waals surface area contributed by atoms with Crippen molar-refractivity contribution in [2.24, 2.45) is 0 Å². The van der Waals surface area contributed by atoms with Gasteiger partial charge < -0.3 is 5.21 Å². The number of hydrogen-bond acceptors (Lipinski definition) is 1. The second-order valence-corrected chi connectivity index (χ2v) is 4.15. The molecule has 2 nitrogen and oxygen atoms in total. The summed E-state index contributed by atoms with van der Waals surface area (Å²) >= 11 is 0. The van der Waals surface area contributed by atoms with E-state index in [0.717, 1.165) is 21.4 Å². The van der Waals surface area contributed by atoms with Crippen LogP contribution in [0.1, 0.15) is 16.7 Å². The highest BCUT2D eigenvalue weighted by Crippen LogP contribution is 2.12. The smallest absolute Gasteiger partial charge is 0.216 e. The molecule has 0 bridgehead atoms. The average molecular weight is 225 g/mol. The number of aryl methyl sites for hydroxylation is 2. The highest BCUT2D eigenvalue weighted by molar-refractivity contribution is 5.78. The Morgan fingerprint density at radius 3 is 2.24 bits per heavy atom. The third-order valence-corrected chi connectivity index (χ3v) is 2.73. The molecule has 0 spiro atoms. The zero-order valence-electron chi connectivity index (χ0n) is 10.1. The summed E-state index contributed by atoms with van der Waals surface area (Å²) in [5, 5.41) is 11.9. The van der Waals surface area contributed by atoms with Crippen LogP contribution in [0.2, 0.25) is 0 Å². The summed E-state index contributed by atoms with van der Waals surface area (Å²) in [5.41, 5.74) is 3.85. The largest absolute Gasteiger partial charge is 0.618 e. The van der Waals surface area contributed by atoms with Gasteiger partial charge in [-0.2, -0.15) is 4.74 Å². The summed E-state index contributed by atoms with van der Waals surface area (Å²) in [4.78, 5) is 0. The van der Waals surface area contributed by atoms with Crippen molar-refractivity contribution in [1.29, 1.82) is 0 Å². The van der Waals surface area contributed by atoms with Crippen LogP contribution in [0.3, 0.4) is 0 Å². The van der Waals surface area contributed by atoms with E-state index < -0.39 is 0 Å². The van der Waals surface area contributed by atoms with E-state index in [4.69, 9.17) is 0 Å². The second-order valence-electron chi connectivity index (χ2n) is 4.15. The van der Waals surface area contributed by atoms with Crippen molar-refractivity contribution < 1.29 is 4.74 Å². The van der Waals surface area contributed by atoms with Gasteiger partial charge in [-0.25, -0.2) is 0 Å². The van der Waals surface area contributed by atoms with Crippen LogP contribution in [0.25, 0.3) is 0 Å². The quantitative estimate of drug-likeness (QED) is 0.332. The van der Waals surface area contributed by atoms with Gasteiger partial charge in [0.1, 0.15) is 0 Å². The summed E-state index contributed by atoms with van der Waals surface area (Å²) in [7, 11) is 0. The minimum atomic E-state index is 0.652. The van der Waals surface area contributed by atoms with Crippen LogP contribution >= 0.6 is 0 Å². The van der Waals surface area contributed by atoms with Gasteiger partial charge in [0.2, 0.25) is 5.69 Å². The van der Waals surface area contributed by atoms with Crippen molar-refractivity contribution in [3.63, 3.8) is 0 Å². The number of benzene rings is 2. The SMILES string of the molecule is Cc1ccc([N+]([O-])=Cc2ccccc2C)cc1. The zero-order valence-corrected chi connectivity index (χ0v) is 10.1. The van der Waals surface area contributed by atoms with Crippen LogP contribution in [-0.2, 0) is 0 Å². The molecule has 0 radical (unpaired) electrons. The van der Waals surface area contributed by atoms with Crippen LogP contribution in [0.4, 0.5) is 5.69 Å². The summed E-state index contributed by atoms with van der Waals surface area (Å²) < 4.78 is 0.905. The standard InChI is InChI=1S/C15H15NO/c1-12-7-9-15(10-8-12)16(17)11-14-6-4-3-5-13(14)2/h3-11H,1-2H3. The molecule has 0 amide bonds. The Bertz CT molecular complexity index is 541. The molecule has 0 saturated carbocycles. The normalized spacial score (nSPS) is 11.5. The molecule has 0 N–H and O–H groups in total. The zero-order chi connectivity index (χ0) is 12.3. The van der Waals surface area contributed by atoms with Crippen LogP contribution in [0.15, 0.2) is 48.5 Å². The first kappa shape index (κ1) is 11.4. The Morgan fingerprint density at radius 2 is 1.59 bits per heavy atom. The lowest BCUT2D eigenvalue weighted by atomic mass is 10.1. The molecule has 0 saturated heterocycles. The van der Waals surface area contributed by atoms with Gasteiger partial charge in [0.05, 0.1) is 0 Å². The Hall–Kier alpha value is -2.09. The second kappa shape index (κ2) is 4.83. The molecule has 2 aromatic carbocycles. The van der Waals surface area contributed by atoms with E-state index in [2.05, 4.69) is 0 Å². The fraction of sp³-hybridized carbons (Fsp3) is 0.133. The van der Waals surface area contributed by atoms with Gasteiger partial charge in [0.15, 0.2) is 6.21 Å². The van der Waals surface area contributed by atoms with Gasteiger partial charge in [-0.3, -0.25) is 0 Å². The molecule has 0 aliphatic carbocycles. The number of hydrogen-bond donors (Lipinski definition) is 0. The molecule has 0 aliphatic rings. The topological polar surface area (TPSA) is 26.1 Å². The summed E-state index contributed by atoms with van der Waals surface area (Å²) in [6.45, 7) is 4.00. The van der Waals surface area contributed by atoms with Gasteiger partial charge in [-0.1, -0.05) is 35.9 Å². The maximum atomic E-state index is 11.9. The third-order valence-electron chi connectivity index (χ3n) is 2.73. The lowest BCUT2D eigenvalue weighted by molar-refractivity contribution is -0.354. The van der Waals surface area contributed by atoms with E-state index in [1.165, 1.54) is 0 Å². The van der Waals surface area contributed by atoms with E-state index in [1.54, 1.807) is 6.21 Å². The van der Waals surface area contributed by atoms with Gasteiger partial charge in [-0.05, 0) is 25.5 Å². The first-order valence-corrected chi connectivity index (χ1v) is 5.60. The van der Waals surface area contributed by atoms with E-state index in [9.17, 15) is 5.21 Å². The number of rotatable bonds is 2. The van der Waals surface area contributed by atoms with Gasteiger partial charge in [0, 0.05) is 17.7 Å². The molecule has 2 heteroatoms. The molecular weight excluding hydrogens is 210 g/mol. The Labute approximate surface area is 101 Å². The van der Waals surface area contributed by atoms with Crippen LogP contribution < -0.4 is 0 Å². The molecule has 2 rings (SSSR count). The lowest BCUT2D eigenvalue weighted by Crippen LogP contribution is -2.00. The fourth-order valence-corrected chi connectivity index (χ4v) is 1.62. The predicted molar refractivity (Wildman–Crippen MR) is 70.8 cm³/mol. The first-order valence-electron chi connectivity index (χ1n) is 5.60. The number of nitrogens with zero attached hydrogens (tertiary/aromatic N) is 1. The van der Waals surface area contributed by atoms with Crippen LogP contribution in [0.5, 0.6) is 0 Å². The van der Waals surface area contributed by atoms with Crippen molar-refractivity contribution in [3.05, 3.63) is 70.4 Å². The molecule has 17 heavy (non-hydrogen) atoms. The fourth-order valence-electron chi connectivity index (χ4n) is 1.62. The maximum Gasteiger partial charge on any atom is 0.216 e. The Balaban J connectivity index is 2.34. The predicted octanol–water partition coefficient (Wildman–Crippen LogP) is 3.56. The summed E-state index contributed by atoms with van der Waals surface area (Å²) in [6.07, 6.45) is 1.61. The van der Waals surface area contributed by atoms with E-state index in [1.807, 2.05) is 62.4 Å². The van der Waals surface area contributed by atoms with E-state index in [-0.39, 0.29) is 0 Å². The first-order chi connectivity index (χ1) is 8.16. The molecule has 0 atom stereocenters. The highest BCUT2D eigenvalue weighted by Gasteiger charge is 2.02. The lowest BCUT2D eigenvalue weighted by Gasteiger charge is -2.04. The van der Waals surface area contributed by atoms with Gasteiger partial charge in [-0.15, -0.1) is 0 Å². The van der Waals surface area contributed by atoms with Crippen LogP contribution in [-0.4, -0.2) is 11.0 Å². The maximum absolute atomic E-state index is 11.9. The van der Waals surface area contributed by atoms with Gasteiger partial charge in [0.25, 0.3) is 0 Å². The van der Waals surface area contributed by atoms with Crippen molar-refractivity contribution in [1.82, 2.24) is 0 Å². The minimum absolute atomic E-state index is 0.652. The average Bonchev–Trinajstić information content (AvgIpc) is 2.33. The van der Waals surface area contributed by atoms with E-state index >= 15 is 0 Å². The van der Waals surface area contributed by atoms with Crippen molar-refractivity contribution in [3.8, 4) is 0 Å². The molecule has 0 aliphatic heterocycles. The Morgan fingerprint density at radius 1 is 0.941 bits per heavy atom. The highest BCUT2D eigenvalue weighted by atomic mass is 16.5. The molecule has 0 fully saturated rings. The summed E-state index contributed by atoms with van der Waals surface area (Å²) in [5.74, 6) is 0. The van der Waals surface area contributed by atoms with Crippen molar-refractivity contribution in [2.75, 3.05) is 0 Å². The molecule has 2 aromatic rings. The molecule has 0 unspecified atom stereocenters. The molecule has 0 aromatic heterocycles. The third kappa shape index (κ3) is 2.72. The minimum Gasteiger partial charge on any atom is -0.618 e. The van der Waals surface area contributed by atoms with Gasteiger partial charge >= 0.3 is 0 Å². The molecular formula is C15H15NO. The monoisotopic (exact) mass is 225 g/mol. The van der Waals surface area contributed by atoms with Crippen molar-refractivity contribution in [2.45, 2.75) is 13.8 Å². The van der Waals surface area contributed by atoms with Crippen molar-refractivity contribution >= 4 is 11.9 Å². The Kier molecular flexibility index (Phi) is 3.24. The summed E-state index contributed by atoms with van der Waals surface area (Å²) in [6, 6.07) is 15.4. The van der Waals surface area contributed by atoms with E-state index in [0.29, 0.717) is 5.69 Å². The molecule has 86 valence electrons. The van der Waals surface area contributed by atoms with Crippen LogP contribution in [0, 0.1) is 19.1 Å². The molecule has 0 heterocycles.